The van der Waals surface area contributed by atoms with Gasteiger partial charge in [-0.25, -0.2) is 13.1 Å². The SMILES string of the molecule is CSCCCNCC(C)(C)NS(C)(=O)=O. The molecule has 0 aliphatic heterocycles. The Bertz CT molecular complexity index is 263. The molecule has 0 fully saturated rings. The van der Waals surface area contributed by atoms with Gasteiger partial charge in [0.25, 0.3) is 0 Å². The zero-order valence-corrected chi connectivity index (χ0v) is 11.6. The topological polar surface area (TPSA) is 58.2 Å². The highest BCUT2D eigenvalue weighted by molar-refractivity contribution is 7.98. The van der Waals surface area contributed by atoms with Crippen molar-refractivity contribution >= 4 is 21.8 Å². The number of thioether (sulfide) groups is 1. The molecule has 92 valence electrons. The van der Waals surface area contributed by atoms with Crippen LogP contribution in [-0.4, -0.2) is 45.3 Å². The lowest BCUT2D eigenvalue weighted by molar-refractivity contribution is 0.422. The van der Waals surface area contributed by atoms with Gasteiger partial charge in [-0.2, -0.15) is 11.8 Å². The number of nitrogens with one attached hydrogen (secondary N) is 2. The van der Waals surface area contributed by atoms with E-state index in [4.69, 9.17) is 0 Å². The van der Waals surface area contributed by atoms with Gasteiger partial charge >= 0.3 is 0 Å². The van der Waals surface area contributed by atoms with E-state index in [1.54, 1.807) is 0 Å². The Balaban J connectivity index is 3.75. The molecule has 0 aromatic carbocycles. The molecule has 0 aromatic heterocycles. The van der Waals surface area contributed by atoms with Gasteiger partial charge in [-0.1, -0.05) is 0 Å². The molecule has 0 rings (SSSR count). The molecule has 0 spiro atoms. The molecule has 0 unspecified atom stereocenters. The average molecular weight is 254 g/mol. The predicted molar refractivity (Wildman–Crippen MR) is 67.9 cm³/mol. The van der Waals surface area contributed by atoms with Gasteiger partial charge in [0.1, 0.15) is 0 Å². The highest BCUT2D eigenvalue weighted by Crippen LogP contribution is 2.02. The van der Waals surface area contributed by atoms with Gasteiger partial charge in [0.15, 0.2) is 0 Å². The lowest BCUT2D eigenvalue weighted by Crippen LogP contribution is -2.50. The van der Waals surface area contributed by atoms with Crippen molar-refractivity contribution in [3.8, 4) is 0 Å². The first-order chi connectivity index (χ1) is 6.77. The van der Waals surface area contributed by atoms with E-state index in [1.165, 1.54) is 6.26 Å². The van der Waals surface area contributed by atoms with Crippen molar-refractivity contribution in [2.24, 2.45) is 0 Å². The van der Waals surface area contributed by atoms with Crippen molar-refractivity contribution in [3.05, 3.63) is 0 Å². The van der Waals surface area contributed by atoms with E-state index in [2.05, 4.69) is 16.3 Å². The fourth-order valence-corrected chi connectivity index (χ4v) is 2.79. The van der Waals surface area contributed by atoms with Crippen LogP contribution in [0.2, 0.25) is 0 Å². The van der Waals surface area contributed by atoms with E-state index >= 15 is 0 Å². The summed E-state index contributed by atoms with van der Waals surface area (Å²) in [6.07, 6.45) is 4.37. The van der Waals surface area contributed by atoms with Gasteiger partial charge < -0.3 is 5.32 Å². The summed E-state index contributed by atoms with van der Waals surface area (Å²) >= 11 is 1.82. The number of rotatable bonds is 8. The van der Waals surface area contributed by atoms with Crippen LogP contribution in [0.1, 0.15) is 20.3 Å². The van der Waals surface area contributed by atoms with Crippen LogP contribution in [0.5, 0.6) is 0 Å². The minimum atomic E-state index is -3.12. The normalized spacial score (nSPS) is 13.1. The summed E-state index contributed by atoms with van der Waals surface area (Å²) in [7, 11) is -3.12. The lowest BCUT2D eigenvalue weighted by atomic mass is 10.1. The Morgan fingerprint density at radius 3 is 2.40 bits per heavy atom. The maximum Gasteiger partial charge on any atom is 0.209 e. The molecule has 0 atom stereocenters. The maximum absolute atomic E-state index is 11.0. The van der Waals surface area contributed by atoms with Crippen LogP contribution >= 0.6 is 11.8 Å². The van der Waals surface area contributed by atoms with Crippen molar-refractivity contribution in [2.45, 2.75) is 25.8 Å². The second-order valence-electron chi connectivity index (χ2n) is 4.28. The first kappa shape index (κ1) is 15.2. The van der Waals surface area contributed by atoms with Gasteiger partial charge in [0.2, 0.25) is 10.0 Å². The van der Waals surface area contributed by atoms with Crippen molar-refractivity contribution in [2.75, 3.05) is 31.4 Å². The molecule has 0 saturated heterocycles. The molecule has 2 N–H and O–H groups in total. The molecule has 0 amide bonds. The summed E-state index contributed by atoms with van der Waals surface area (Å²) in [5.41, 5.74) is -0.424. The number of sulfonamides is 1. The number of hydrogen-bond acceptors (Lipinski definition) is 4. The first-order valence-corrected chi connectivity index (χ1v) is 8.24. The Labute approximate surface area is 97.6 Å². The van der Waals surface area contributed by atoms with Crippen LogP contribution in [0.25, 0.3) is 0 Å². The zero-order valence-electron chi connectivity index (χ0n) is 9.96. The van der Waals surface area contributed by atoms with E-state index in [0.717, 1.165) is 18.7 Å². The van der Waals surface area contributed by atoms with Gasteiger partial charge in [-0.05, 0) is 38.8 Å². The third-order valence-electron chi connectivity index (χ3n) is 1.73. The molecule has 6 heteroatoms. The van der Waals surface area contributed by atoms with Crippen molar-refractivity contribution in [1.82, 2.24) is 10.0 Å². The average Bonchev–Trinajstić information content (AvgIpc) is 1.99. The smallest absolute Gasteiger partial charge is 0.209 e. The largest absolute Gasteiger partial charge is 0.315 e. The van der Waals surface area contributed by atoms with Crippen LogP contribution in [0.15, 0.2) is 0 Å². The molecule has 15 heavy (non-hydrogen) atoms. The Hall–Kier alpha value is 0.220. The lowest BCUT2D eigenvalue weighted by Gasteiger charge is -2.25. The standard InChI is InChI=1S/C9H22N2O2S2/c1-9(2,11-15(4,12)13)8-10-6-5-7-14-3/h10-11H,5-8H2,1-4H3. The second-order valence-corrected chi connectivity index (χ2v) is 7.02. The molecule has 0 aromatic rings. The Morgan fingerprint density at radius 1 is 1.33 bits per heavy atom. The summed E-state index contributed by atoms with van der Waals surface area (Å²) in [6.45, 7) is 5.31. The second kappa shape index (κ2) is 6.73. The van der Waals surface area contributed by atoms with E-state index in [1.807, 2.05) is 25.6 Å². The van der Waals surface area contributed by atoms with Crippen LogP contribution in [0.3, 0.4) is 0 Å². The van der Waals surface area contributed by atoms with Gasteiger partial charge in [0.05, 0.1) is 6.26 Å². The molecule has 0 aliphatic rings. The summed E-state index contributed by atoms with van der Waals surface area (Å²) in [5, 5.41) is 3.24. The molecule has 4 nitrogen and oxygen atoms in total. The van der Waals surface area contributed by atoms with Crippen molar-refractivity contribution < 1.29 is 8.42 Å². The predicted octanol–water partition coefficient (Wildman–Crippen LogP) is 0.657. The van der Waals surface area contributed by atoms with Crippen molar-refractivity contribution in [1.29, 1.82) is 0 Å². The Morgan fingerprint density at radius 2 is 1.93 bits per heavy atom. The highest BCUT2D eigenvalue weighted by atomic mass is 32.2. The summed E-state index contributed by atoms with van der Waals surface area (Å²) in [4.78, 5) is 0. The zero-order chi connectivity index (χ0) is 11.9. The molecule has 0 radical (unpaired) electrons. The van der Waals surface area contributed by atoms with Crippen LogP contribution in [0.4, 0.5) is 0 Å². The first-order valence-electron chi connectivity index (χ1n) is 4.95. The summed E-state index contributed by atoms with van der Waals surface area (Å²) in [6, 6.07) is 0. The van der Waals surface area contributed by atoms with Crippen molar-refractivity contribution in [3.63, 3.8) is 0 Å². The molecule has 0 saturated carbocycles. The Kier molecular flexibility index (Phi) is 6.83. The molecular weight excluding hydrogens is 232 g/mol. The molecular formula is C9H22N2O2S2. The van der Waals surface area contributed by atoms with E-state index in [-0.39, 0.29) is 0 Å². The quantitative estimate of drug-likeness (QED) is 0.625. The third kappa shape index (κ3) is 10.5. The van der Waals surface area contributed by atoms with Gasteiger partial charge in [-0.3, -0.25) is 0 Å². The maximum atomic E-state index is 11.0. The highest BCUT2D eigenvalue weighted by Gasteiger charge is 2.21. The molecule has 0 heterocycles. The molecule has 0 aliphatic carbocycles. The van der Waals surface area contributed by atoms with Gasteiger partial charge in [-0.15, -0.1) is 0 Å². The fraction of sp³-hybridized carbons (Fsp3) is 1.00. The van der Waals surface area contributed by atoms with Crippen LogP contribution < -0.4 is 10.0 Å². The molecule has 0 bridgehead atoms. The number of hydrogen-bond donors (Lipinski definition) is 2. The van der Waals surface area contributed by atoms with Crippen LogP contribution in [0, 0.1) is 0 Å². The van der Waals surface area contributed by atoms with Crippen LogP contribution in [-0.2, 0) is 10.0 Å². The minimum absolute atomic E-state index is 0.424. The third-order valence-corrected chi connectivity index (χ3v) is 3.35. The monoisotopic (exact) mass is 254 g/mol. The summed E-state index contributed by atoms with van der Waals surface area (Å²) in [5.74, 6) is 1.13. The van der Waals surface area contributed by atoms with Gasteiger partial charge in [0, 0.05) is 12.1 Å². The fourth-order valence-electron chi connectivity index (χ4n) is 1.28. The van der Waals surface area contributed by atoms with E-state index < -0.39 is 15.6 Å². The summed E-state index contributed by atoms with van der Waals surface area (Å²) < 4.78 is 24.7. The van der Waals surface area contributed by atoms with E-state index in [0.29, 0.717) is 6.54 Å². The van der Waals surface area contributed by atoms with E-state index in [9.17, 15) is 8.42 Å². The minimum Gasteiger partial charge on any atom is -0.315 e.